The summed E-state index contributed by atoms with van der Waals surface area (Å²) in [4.78, 5) is 25.1. The third kappa shape index (κ3) is 6.23. The average molecular weight is 288 g/mol. The van der Waals surface area contributed by atoms with Gasteiger partial charge < -0.3 is 20.1 Å². The van der Waals surface area contributed by atoms with Gasteiger partial charge in [0.1, 0.15) is 6.04 Å². The molecule has 20 heavy (non-hydrogen) atoms. The molecular formula is C14H28N2O4. The third-order valence-corrected chi connectivity index (χ3v) is 3.35. The van der Waals surface area contributed by atoms with Crippen molar-refractivity contribution in [2.24, 2.45) is 0 Å². The molecule has 2 N–H and O–H groups in total. The van der Waals surface area contributed by atoms with E-state index in [9.17, 15) is 9.59 Å². The summed E-state index contributed by atoms with van der Waals surface area (Å²) in [5, 5.41) is 11.7. The summed E-state index contributed by atoms with van der Waals surface area (Å²) in [6, 6.07) is -1.05. The summed E-state index contributed by atoms with van der Waals surface area (Å²) in [5.74, 6) is -0.989. The number of carbonyl (C=O) groups excluding carboxylic acids is 1. The van der Waals surface area contributed by atoms with Gasteiger partial charge in [0, 0.05) is 19.7 Å². The normalized spacial score (nSPS) is 12.2. The van der Waals surface area contributed by atoms with Gasteiger partial charge in [0.05, 0.1) is 6.61 Å². The second kappa shape index (κ2) is 10.5. The lowest BCUT2D eigenvalue weighted by atomic mass is 10.1. The maximum atomic E-state index is 12.3. The van der Waals surface area contributed by atoms with Gasteiger partial charge in [-0.2, -0.15) is 0 Å². The Bertz CT molecular complexity index is 293. The van der Waals surface area contributed by atoms with Crippen LogP contribution in [0.1, 0.15) is 46.5 Å². The van der Waals surface area contributed by atoms with Crippen LogP contribution in [0.2, 0.25) is 0 Å². The van der Waals surface area contributed by atoms with Crippen molar-refractivity contribution >= 4 is 12.0 Å². The molecule has 0 fully saturated rings. The van der Waals surface area contributed by atoms with E-state index in [1.165, 1.54) is 0 Å². The number of amides is 2. The molecule has 118 valence electrons. The molecule has 0 saturated heterocycles. The van der Waals surface area contributed by atoms with Gasteiger partial charge >= 0.3 is 12.0 Å². The second-order valence-corrected chi connectivity index (χ2v) is 4.79. The van der Waals surface area contributed by atoms with Crippen LogP contribution in [0.25, 0.3) is 0 Å². The van der Waals surface area contributed by atoms with Gasteiger partial charge in [-0.1, -0.05) is 27.2 Å². The maximum Gasteiger partial charge on any atom is 0.326 e. The number of urea groups is 1. The van der Waals surface area contributed by atoms with Crippen LogP contribution in [0.15, 0.2) is 0 Å². The summed E-state index contributed by atoms with van der Waals surface area (Å²) in [7, 11) is 1.58. The molecule has 6 heteroatoms. The summed E-state index contributed by atoms with van der Waals surface area (Å²) < 4.78 is 5.02. The minimum absolute atomic E-state index is 0.0984. The number of hydrogen-bond donors (Lipinski definition) is 2. The zero-order valence-corrected chi connectivity index (χ0v) is 13.0. The Morgan fingerprint density at radius 1 is 1.25 bits per heavy atom. The van der Waals surface area contributed by atoms with Gasteiger partial charge in [0.2, 0.25) is 0 Å². The number of rotatable bonds is 10. The van der Waals surface area contributed by atoms with E-state index in [-0.39, 0.29) is 12.1 Å². The zero-order chi connectivity index (χ0) is 15.5. The average Bonchev–Trinajstić information content (AvgIpc) is 2.42. The number of ether oxygens (including phenoxy) is 1. The molecule has 0 aliphatic heterocycles. The fourth-order valence-electron chi connectivity index (χ4n) is 2.15. The lowest BCUT2D eigenvalue weighted by Crippen LogP contribution is -2.52. The van der Waals surface area contributed by atoms with Gasteiger partial charge in [0.25, 0.3) is 0 Å². The minimum Gasteiger partial charge on any atom is -0.480 e. The summed E-state index contributed by atoms with van der Waals surface area (Å²) in [6.45, 7) is 6.83. The number of carbonyl (C=O) groups is 2. The summed E-state index contributed by atoms with van der Waals surface area (Å²) >= 11 is 0. The van der Waals surface area contributed by atoms with Gasteiger partial charge in [-0.15, -0.1) is 0 Å². The summed E-state index contributed by atoms with van der Waals surface area (Å²) in [5.41, 5.74) is 0. The molecule has 2 amide bonds. The highest BCUT2D eigenvalue weighted by atomic mass is 16.5. The molecule has 1 atom stereocenters. The van der Waals surface area contributed by atoms with E-state index < -0.39 is 12.0 Å². The van der Waals surface area contributed by atoms with Crippen molar-refractivity contribution in [3.05, 3.63) is 0 Å². The number of aliphatic carboxylic acids is 1. The monoisotopic (exact) mass is 288 g/mol. The molecular weight excluding hydrogens is 260 g/mol. The first kappa shape index (κ1) is 18.7. The fraction of sp³-hybridized carbons (Fsp3) is 0.857. The first-order chi connectivity index (χ1) is 9.51. The lowest BCUT2D eigenvalue weighted by Gasteiger charge is -2.31. The molecule has 0 aromatic heterocycles. The number of nitrogens with zero attached hydrogens (tertiary/aromatic N) is 1. The Labute approximate surface area is 121 Å². The van der Waals surface area contributed by atoms with Gasteiger partial charge in [-0.3, -0.25) is 0 Å². The van der Waals surface area contributed by atoms with Crippen LogP contribution in [0.3, 0.4) is 0 Å². The van der Waals surface area contributed by atoms with Crippen LogP contribution in [0, 0.1) is 0 Å². The minimum atomic E-state index is -0.989. The predicted molar refractivity (Wildman–Crippen MR) is 77.8 cm³/mol. The second-order valence-electron chi connectivity index (χ2n) is 4.79. The van der Waals surface area contributed by atoms with Gasteiger partial charge in [-0.25, -0.2) is 9.59 Å². The topological polar surface area (TPSA) is 78.9 Å². The molecule has 0 aliphatic rings. The van der Waals surface area contributed by atoms with Gasteiger partial charge in [-0.05, 0) is 19.3 Å². The van der Waals surface area contributed by atoms with Crippen LogP contribution in [-0.2, 0) is 9.53 Å². The predicted octanol–water partition coefficient (Wildman–Crippen LogP) is 2.09. The lowest BCUT2D eigenvalue weighted by molar-refractivity contribution is -0.139. The number of nitrogens with one attached hydrogen (secondary N) is 1. The Balaban J connectivity index is 4.78. The molecule has 0 spiro atoms. The van der Waals surface area contributed by atoms with Crippen molar-refractivity contribution in [1.82, 2.24) is 10.2 Å². The molecule has 0 aliphatic carbocycles. The molecule has 0 heterocycles. The highest BCUT2D eigenvalue weighted by molar-refractivity contribution is 5.82. The quantitative estimate of drug-likeness (QED) is 0.645. The molecule has 0 unspecified atom stereocenters. The van der Waals surface area contributed by atoms with Crippen molar-refractivity contribution in [2.45, 2.75) is 58.5 Å². The first-order valence-corrected chi connectivity index (χ1v) is 7.30. The molecule has 0 aromatic rings. The first-order valence-electron chi connectivity index (χ1n) is 7.30. The Hall–Kier alpha value is -1.30. The number of carboxylic acids is 1. The summed E-state index contributed by atoms with van der Waals surface area (Å²) in [6.07, 6.45) is 2.81. The van der Waals surface area contributed by atoms with Crippen molar-refractivity contribution in [3.63, 3.8) is 0 Å². The Morgan fingerprint density at radius 3 is 2.25 bits per heavy atom. The largest absolute Gasteiger partial charge is 0.480 e. The number of carboxylic acid groups (broad SMARTS) is 1. The standard InChI is InChI=1S/C14H28N2O4/c1-5-8-12(13(17)18)15-14(19)16(9-10-20-4)11(6-2)7-3/h11-12H,5-10H2,1-4H3,(H,15,19)(H,17,18)/t12-/m1/s1. The molecule has 0 rings (SSSR count). The molecule has 6 nitrogen and oxygen atoms in total. The third-order valence-electron chi connectivity index (χ3n) is 3.35. The SMILES string of the molecule is CCC[C@@H](NC(=O)N(CCOC)C(CC)CC)C(=O)O. The van der Waals surface area contributed by atoms with E-state index in [1.54, 1.807) is 12.0 Å². The zero-order valence-electron chi connectivity index (χ0n) is 13.0. The van der Waals surface area contributed by atoms with Crippen molar-refractivity contribution in [1.29, 1.82) is 0 Å². The molecule has 0 bridgehead atoms. The number of hydrogen-bond acceptors (Lipinski definition) is 3. The fourth-order valence-corrected chi connectivity index (χ4v) is 2.15. The van der Waals surface area contributed by atoms with Crippen molar-refractivity contribution < 1.29 is 19.4 Å². The van der Waals surface area contributed by atoms with E-state index in [2.05, 4.69) is 5.32 Å². The van der Waals surface area contributed by atoms with Crippen LogP contribution in [0.5, 0.6) is 0 Å². The van der Waals surface area contributed by atoms with E-state index in [4.69, 9.17) is 9.84 Å². The smallest absolute Gasteiger partial charge is 0.326 e. The molecule has 0 radical (unpaired) electrons. The van der Waals surface area contributed by atoms with E-state index in [0.29, 0.717) is 26.0 Å². The van der Waals surface area contributed by atoms with E-state index >= 15 is 0 Å². The highest BCUT2D eigenvalue weighted by Crippen LogP contribution is 2.10. The maximum absolute atomic E-state index is 12.3. The van der Waals surface area contributed by atoms with Crippen LogP contribution in [0.4, 0.5) is 4.79 Å². The van der Waals surface area contributed by atoms with Crippen molar-refractivity contribution in [3.8, 4) is 0 Å². The molecule has 0 aromatic carbocycles. The van der Waals surface area contributed by atoms with Gasteiger partial charge in [0.15, 0.2) is 0 Å². The highest BCUT2D eigenvalue weighted by Gasteiger charge is 2.25. The van der Waals surface area contributed by atoms with Crippen LogP contribution >= 0.6 is 0 Å². The van der Waals surface area contributed by atoms with Crippen LogP contribution < -0.4 is 5.32 Å². The Kier molecular flexibility index (Phi) is 9.80. The van der Waals surface area contributed by atoms with Crippen molar-refractivity contribution in [2.75, 3.05) is 20.3 Å². The van der Waals surface area contributed by atoms with E-state index in [1.807, 2.05) is 20.8 Å². The van der Waals surface area contributed by atoms with E-state index in [0.717, 1.165) is 12.8 Å². The van der Waals surface area contributed by atoms with Crippen LogP contribution in [-0.4, -0.2) is 54.4 Å². The Morgan fingerprint density at radius 2 is 1.85 bits per heavy atom. The molecule has 0 saturated carbocycles. The number of methoxy groups -OCH3 is 1.